The fraction of sp³-hybridized carbons (Fsp3) is 0.467. The molecule has 8 heteroatoms. The molecule has 0 aliphatic carbocycles. The molecular weight excluding hydrogens is 309 g/mol. The molecule has 1 saturated heterocycles. The normalized spacial score (nSPS) is 22.7. The number of benzene rings is 1. The van der Waals surface area contributed by atoms with Crippen molar-refractivity contribution in [3.8, 4) is 0 Å². The molecule has 1 fully saturated rings. The fourth-order valence-corrected chi connectivity index (χ4v) is 2.93. The first kappa shape index (κ1) is 15.9. The molecule has 2 aromatic rings. The van der Waals surface area contributed by atoms with E-state index in [0.29, 0.717) is 19.5 Å². The van der Waals surface area contributed by atoms with Crippen molar-refractivity contribution in [1.82, 2.24) is 19.7 Å². The van der Waals surface area contributed by atoms with Crippen molar-refractivity contribution < 1.29 is 18.3 Å². The number of rotatable bonds is 3. The van der Waals surface area contributed by atoms with Gasteiger partial charge in [0.1, 0.15) is 12.2 Å². The average Bonchev–Trinajstić information content (AvgIpc) is 3.05. The van der Waals surface area contributed by atoms with Gasteiger partial charge in [-0.3, -0.25) is 4.90 Å². The van der Waals surface area contributed by atoms with Gasteiger partial charge in [-0.1, -0.05) is 12.1 Å². The lowest BCUT2D eigenvalue weighted by atomic mass is 10.0. The van der Waals surface area contributed by atoms with Crippen LogP contribution in [0.25, 0.3) is 0 Å². The van der Waals surface area contributed by atoms with Gasteiger partial charge in [0.2, 0.25) is 0 Å². The summed E-state index contributed by atoms with van der Waals surface area (Å²) in [7, 11) is 1.83. The molecule has 0 radical (unpaired) electrons. The number of aryl methyl sites for hydroxylation is 1. The van der Waals surface area contributed by atoms with E-state index in [1.807, 2.05) is 11.9 Å². The zero-order valence-electron chi connectivity index (χ0n) is 12.5. The Morgan fingerprint density at radius 3 is 2.52 bits per heavy atom. The summed E-state index contributed by atoms with van der Waals surface area (Å²) in [6.45, 7) is 0.942. The summed E-state index contributed by atoms with van der Waals surface area (Å²) in [5.74, 6) is 0.746. The quantitative estimate of drug-likeness (QED) is 0.939. The van der Waals surface area contributed by atoms with E-state index in [0.717, 1.165) is 23.5 Å². The Bertz CT molecular complexity index is 668. The number of aliphatic hydroxyl groups is 1. The minimum atomic E-state index is -4.34. The zero-order chi connectivity index (χ0) is 16.6. The molecule has 2 atom stereocenters. The van der Waals surface area contributed by atoms with Crippen molar-refractivity contribution in [1.29, 1.82) is 0 Å². The second kappa shape index (κ2) is 5.93. The first-order valence-electron chi connectivity index (χ1n) is 7.26. The Labute approximate surface area is 131 Å². The highest BCUT2D eigenvalue weighted by Crippen LogP contribution is 2.35. The molecule has 1 aromatic heterocycles. The fourth-order valence-electron chi connectivity index (χ4n) is 2.93. The van der Waals surface area contributed by atoms with Crippen LogP contribution in [0.15, 0.2) is 30.6 Å². The Morgan fingerprint density at radius 1 is 1.26 bits per heavy atom. The van der Waals surface area contributed by atoms with Gasteiger partial charge in [-0.05, 0) is 24.1 Å². The number of hydrogen-bond donors (Lipinski definition) is 1. The Morgan fingerprint density at radius 2 is 1.96 bits per heavy atom. The number of aromatic nitrogens is 3. The predicted molar refractivity (Wildman–Crippen MR) is 76.2 cm³/mol. The van der Waals surface area contributed by atoms with Crippen LogP contribution in [0.3, 0.4) is 0 Å². The highest BCUT2D eigenvalue weighted by atomic mass is 19.4. The molecule has 1 aromatic carbocycles. The highest BCUT2D eigenvalue weighted by Gasteiger charge is 2.34. The first-order chi connectivity index (χ1) is 10.8. The van der Waals surface area contributed by atoms with Gasteiger partial charge in [0, 0.05) is 19.6 Å². The first-order valence-corrected chi connectivity index (χ1v) is 7.26. The largest absolute Gasteiger partial charge is 0.416 e. The predicted octanol–water partition coefficient (Wildman–Crippen LogP) is 2.14. The SMILES string of the molecule is Cn1cnnc1CN1C[C@@H](O)C[C@@H]1c1ccc(C(F)(F)F)cc1. The molecule has 0 spiro atoms. The minimum absolute atomic E-state index is 0.135. The maximum Gasteiger partial charge on any atom is 0.416 e. The Kier molecular flexibility index (Phi) is 4.11. The van der Waals surface area contributed by atoms with Gasteiger partial charge in [0.05, 0.1) is 18.2 Å². The monoisotopic (exact) mass is 326 g/mol. The molecule has 23 heavy (non-hydrogen) atoms. The summed E-state index contributed by atoms with van der Waals surface area (Å²) in [4.78, 5) is 2.01. The summed E-state index contributed by atoms with van der Waals surface area (Å²) in [6.07, 6.45) is -2.76. The van der Waals surface area contributed by atoms with E-state index >= 15 is 0 Å². The van der Waals surface area contributed by atoms with Crippen LogP contribution in [0.1, 0.15) is 29.4 Å². The number of likely N-dealkylation sites (tertiary alicyclic amines) is 1. The number of alkyl halides is 3. The maximum atomic E-state index is 12.7. The molecule has 1 aliphatic rings. The van der Waals surface area contributed by atoms with Gasteiger partial charge in [0.25, 0.3) is 0 Å². The lowest BCUT2D eigenvalue weighted by molar-refractivity contribution is -0.137. The van der Waals surface area contributed by atoms with Crippen LogP contribution in [0.2, 0.25) is 0 Å². The van der Waals surface area contributed by atoms with Crippen LogP contribution in [-0.4, -0.2) is 37.4 Å². The number of hydrogen-bond acceptors (Lipinski definition) is 4. The van der Waals surface area contributed by atoms with E-state index in [-0.39, 0.29) is 6.04 Å². The van der Waals surface area contributed by atoms with Crippen LogP contribution in [0.5, 0.6) is 0 Å². The van der Waals surface area contributed by atoms with Crippen molar-refractivity contribution in [2.75, 3.05) is 6.54 Å². The summed E-state index contributed by atoms with van der Waals surface area (Å²) in [5.41, 5.74) is 0.0939. The second-order valence-electron chi connectivity index (χ2n) is 5.81. The lowest BCUT2D eigenvalue weighted by Crippen LogP contribution is -2.26. The molecule has 2 heterocycles. The second-order valence-corrected chi connectivity index (χ2v) is 5.81. The van der Waals surface area contributed by atoms with E-state index in [2.05, 4.69) is 10.2 Å². The van der Waals surface area contributed by atoms with Crippen LogP contribution in [0, 0.1) is 0 Å². The third kappa shape index (κ3) is 3.37. The average molecular weight is 326 g/mol. The van der Waals surface area contributed by atoms with Gasteiger partial charge in [0.15, 0.2) is 0 Å². The van der Waals surface area contributed by atoms with E-state index in [4.69, 9.17) is 0 Å². The smallest absolute Gasteiger partial charge is 0.392 e. The third-order valence-electron chi connectivity index (χ3n) is 4.15. The molecule has 1 N–H and O–H groups in total. The molecule has 5 nitrogen and oxygen atoms in total. The molecule has 0 unspecified atom stereocenters. The van der Waals surface area contributed by atoms with Gasteiger partial charge < -0.3 is 9.67 Å². The van der Waals surface area contributed by atoms with E-state index < -0.39 is 17.8 Å². The van der Waals surface area contributed by atoms with Gasteiger partial charge in [-0.15, -0.1) is 10.2 Å². The highest BCUT2D eigenvalue weighted by molar-refractivity contribution is 5.27. The summed E-state index contributed by atoms with van der Waals surface area (Å²) in [5, 5.41) is 17.8. The minimum Gasteiger partial charge on any atom is -0.392 e. The van der Waals surface area contributed by atoms with Crippen molar-refractivity contribution in [2.45, 2.75) is 31.3 Å². The van der Waals surface area contributed by atoms with Gasteiger partial charge >= 0.3 is 6.18 Å². The van der Waals surface area contributed by atoms with Crippen LogP contribution in [-0.2, 0) is 19.8 Å². The zero-order valence-corrected chi connectivity index (χ0v) is 12.5. The van der Waals surface area contributed by atoms with E-state index in [9.17, 15) is 18.3 Å². The van der Waals surface area contributed by atoms with Gasteiger partial charge in [-0.25, -0.2) is 0 Å². The Hall–Kier alpha value is -1.93. The van der Waals surface area contributed by atoms with Crippen molar-refractivity contribution in [3.05, 3.63) is 47.5 Å². The molecule has 1 aliphatic heterocycles. The standard InChI is InChI=1S/C15H17F3N4O/c1-21-9-19-20-14(21)8-22-7-12(23)6-13(22)10-2-4-11(5-3-10)15(16,17)18/h2-5,9,12-13,23H,6-8H2,1H3/t12-,13+/m0/s1. The van der Waals surface area contributed by atoms with Crippen LogP contribution in [0.4, 0.5) is 13.2 Å². The van der Waals surface area contributed by atoms with E-state index in [1.165, 1.54) is 12.1 Å². The topological polar surface area (TPSA) is 54.2 Å². The Balaban J connectivity index is 1.80. The van der Waals surface area contributed by atoms with Crippen molar-refractivity contribution in [3.63, 3.8) is 0 Å². The number of halogens is 3. The molecule has 0 amide bonds. The maximum absolute atomic E-state index is 12.7. The third-order valence-corrected chi connectivity index (χ3v) is 4.15. The summed E-state index contributed by atoms with van der Waals surface area (Å²) < 4.78 is 39.8. The molecule has 0 saturated carbocycles. The van der Waals surface area contributed by atoms with E-state index in [1.54, 1.807) is 10.9 Å². The number of nitrogens with zero attached hydrogens (tertiary/aromatic N) is 4. The van der Waals surface area contributed by atoms with Crippen molar-refractivity contribution >= 4 is 0 Å². The van der Waals surface area contributed by atoms with Crippen LogP contribution >= 0.6 is 0 Å². The van der Waals surface area contributed by atoms with Crippen LogP contribution < -0.4 is 0 Å². The summed E-state index contributed by atoms with van der Waals surface area (Å²) in [6, 6.07) is 5.00. The van der Waals surface area contributed by atoms with Gasteiger partial charge in [-0.2, -0.15) is 13.2 Å². The number of aliphatic hydroxyl groups excluding tert-OH is 1. The summed E-state index contributed by atoms with van der Waals surface area (Å²) >= 11 is 0. The number of β-amino-alcohol motifs (C(OH)–C–C–N with tert-alkyl or cyclic N) is 1. The molecule has 124 valence electrons. The molecule has 0 bridgehead atoms. The molecule has 3 rings (SSSR count). The molecular formula is C15H17F3N4O. The lowest BCUT2D eigenvalue weighted by Gasteiger charge is -2.24. The van der Waals surface area contributed by atoms with Crippen molar-refractivity contribution in [2.24, 2.45) is 7.05 Å².